The third-order valence-corrected chi connectivity index (χ3v) is 5.00. The van der Waals surface area contributed by atoms with E-state index in [0.717, 1.165) is 18.5 Å². The molecule has 3 rings (SSSR count). The molecule has 2 aromatic rings. The topological polar surface area (TPSA) is 105 Å². The van der Waals surface area contributed by atoms with E-state index >= 15 is 0 Å². The molecule has 152 valence electrons. The Kier molecular flexibility index (Phi) is 6.56. The van der Waals surface area contributed by atoms with Gasteiger partial charge in [0.15, 0.2) is 0 Å². The third kappa shape index (κ3) is 5.39. The van der Waals surface area contributed by atoms with E-state index < -0.39 is 4.92 Å². The zero-order valence-electron chi connectivity index (χ0n) is 16.3. The summed E-state index contributed by atoms with van der Waals surface area (Å²) in [5.74, 6) is -0.591. The fraction of sp³-hybridized carbons (Fsp3) is 0.333. The predicted octanol–water partition coefficient (Wildman–Crippen LogP) is 3.19. The Morgan fingerprint density at radius 3 is 2.62 bits per heavy atom. The Morgan fingerprint density at radius 1 is 1.14 bits per heavy atom. The van der Waals surface area contributed by atoms with Gasteiger partial charge in [0.1, 0.15) is 5.69 Å². The number of nitro benzene ring substituents is 1. The van der Waals surface area contributed by atoms with Crippen molar-refractivity contribution >= 4 is 28.9 Å². The van der Waals surface area contributed by atoms with Gasteiger partial charge in [0.2, 0.25) is 11.8 Å². The number of anilines is 2. The van der Waals surface area contributed by atoms with Crippen LogP contribution in [0.4, 0.5) is 17.1 Å². The second-order valence-electron chi connectivity index (χ2n) is 7.20. The lowest BCUT2D eigenvalue weighted by Crippen LogP contribution is -2.44. The minimum atomic E-state index is -0.506. The molecule has 1 saturated heterocycles. The van der Waals surface area contributed by atoms with Crippen LogP contribution in [0.1, 0.15) is 18.4 Å². The van der Waals surface area contributed by atoms with E-state index in [1.54, 1.807) is 19.1 Å². The number of aryl methyl sites for hydroxylation is 1. The third-order valence-electron chi connectivity index (χ3n) is 5.00. The van der Waals surface area contributed by atoms with E-state index in [1.807, 2.05) is 35.2 Å². The van der Waals surface area contributed by atoms with Gasteiger partial charge < -0.3 is 10.6 Å². The van der Waals surface area contributed by atoms with Gasteiger partial charge in [0.25, 0.3) is 5.69 Å². The summed E-state index contributed by atoms with van der Waals surface area (Å²) in [6.07, 6.45) is 1.57. The summed E-state index contributed by atoms with van der Waals surface area (Å²) in [5, 5.41) is 16.8. The van der Waals surface area contributed by atoms with Crippen LogP contribution in [0.3, 0.4) is 0 Å². The van der Waals surface area contributed by atoms with Crippen LogP contribution >= 0.6 is 0 Å². The van der Waals surface area contributed by atoms with Crippen molar-refractivity contribution in [1.29, 1.82) is 0 Å². The molecule has 1 aliphatic heterocycles. The maximum absolute atomic E-state index is 12.5. The van der Waals surface area contributed by atoms with Crippen LogP contribution in [-0.2, 0) is 9.59 Å². The average molecular weight is 396 g/mol. The molecule has 1 fully saturated rings. The number of carbonyl (C=O) groups excluding carboxylic acids is 2. The highest BCUT2D eigenvalue weighted by Crippen LogP contribution is 2.27. The Hall–Kier alpha value is -3.26. The fourth-order valence-corrected chi connectivity index (χ4v) is 3.53. The van der Waals surface area contributed by atoms with E-state index in [4.69, 9.17) is 0 Å². The molecule has 1 aliphatic rings. The van der Waals surface area contributed by atoms with Crippen molar-refractivity contribution in [3.8, 4) is 0 Å². The van der Waals surface area contributed by atoms with Crippen molar-refractivity contribution in [3.63, 3.8) is 0 Å². The molecule has 0 aromatic heterocycles. The molecule has 2 aromatic carbocycles. The fourth-order valence-electron chi connectivity index (χ4n) is 3.53. The zero-order valence-corrected chi connectivity index (χ0v) is 16.3. The summed E-state index contributed by atoms with van der Waals surface area (Å²) >= 11 is 0. The Labute approximate surface area is 169 Å². The van der Waals surface area contributed by atoms with Gasteiger partial charge >= 0.3 is 0 Å². The molecule has 2 amide bonds. The summed E-state index contributed by atoms with van der Waals surface area (Å²) in [7, 11) is 0. The van der Waals surface area contributed by atoms with Crippen LogP contribution in [0, 0.1) is 23.0 Å². The van der Waals surface area contributed by atoms with Crippen molar-refractivity contribution in [1.82, 2.24) is 4.90 Å². The Morgan fingerprint density at radius 2 is 1.90 bits per heavy atom. The van der Waals surface area contributed by atoms with Gasteiger partial charge in [-0.25, -0.2) is 0 Å². The highest BCUT2D eigenvalue weighted by molar-refractivity contribution is 5.95. The second-order valence-corrected chi connectivity index (χ2v) is 7.20. The molecule has 2 N–H and O–H groups in total. The van der Waals surface area contributed by atoms with Crippen LogP contribution in [0.15, 0.2) is 48.5 Å². The number of para-hydroxylation sites is 2. The standard InChI is InChI=1S/C21H24N4O4/c1-15-7-5-11-18(25(28)29)20(15)23-19(26)14-24-12-6-8-16(13-24)21(27)22-17-9-3-2-4-10-17/h2-5,7,9-11,16H,6,8,12-14H2,1H3,(H,22,27)(H,23,26)/t16-/m1/s1. The van der Waals surface area contributed by atoms with E-state index in [9.17, 15) is 19.7 Å². The van der Waals surface area contributed by atoms with Gasteiger partial charge in [-0.1, -0.05) is 30.3 Å². The normalized spacial score (nSPS) is 16.8. The number of piperidine rings is 1. The quantitative estimate of drug-likeness (QED) is 0.576. The Balaban J connectivity index is 1.59. The number of rotatable bonds is 6. The molecule has 0 spiro atoms. The van der Waals surface area contributed by atoms with E-state index in [0.29, 0.717) is 18.7 Å². The molecule has 1 atom stereocenters. The van der Waals surface area contributed by atoms with Crippen molar-refractivity contribution in [2.75, 3.05) is 30.3 Å². The monoisotopic (exact) mass is 396 g/mol. The maximum Gasteiger partial charge on any atom is 0.293 e. The second kappa shape index (κ2) is 9.29. The van der Waals surface area contributed by atoms with E-state index in [1.165, 1.54) is 6.07 Å². The molecule has 1 heterocycles. The first-order valence-corrected chi connectivity index (χ1v) is 9.56. The summed E-state index contributed by atoms with van der Waals surface area (Å²) < 4.78 is 0. The molecule has 8 heteroatoms. The Bertz CT molecular complexity index is 901. The average Bonchev–Trinajstić information content (AvgIpc) is 2.70. The smallest absolute Gasteiger partial charge is 0.293 e. The minimum Gasteiger partial charge on any atom is -0.326 e. The van der Waals surface area contributed by atoms with Crippen molar-refractivity contribution in [2.45, 2.75) is 19.8 Å². The highest BCUT2D eigenvalue weighted by atomic mass is 16.6. The predicted molar refractivity (Wildman–Crippen MR) is 111 cm³/mol. The van der Waals surface area contributed by atoms with Gasteiger partial charge in [0, 0.05) is 18.3 Å². The molecule has 8 nitrogen and oxygen atoms in total. The van der Waals surface area contributed by atoms with E-state index in [2.05, 4.69) is 10.6 Å². The van der Waals surface area contributed by atoms with Crippen LogP contribution in [0.25, 0.3) is 0 Å². The number of nitrogens with zero attached hydrogens (tertiary/aromatic N) is 2. The van der Waals surface area contributed by atoms with Crippen LogP contribution in [-0.4, -0.2) is 41.3 Å². The molecule has 0 radical (unpaired) electrons. The van der Waals surface area contributed by atoms with Crippen LogP contribution in [0.5, 0.6) is 0 Å². The lowest BCUT2D eigenvalue weighted by atomic mass is 9.97. The molecular formula is C21H24N4O4. The molecule has 0 aliphatic carbocycles. The summed E-state index contributed by atoms with van der Waals surface area (Å²) in [5.41, 5.74) is 1.47. The number of carbonyl (C=O) groups is 2. The van der Waals surface area contributed by atoms with Gasteiger partial charge in [-0.05, 0) is 44.0 Å². The van der Waals surface area contributed by atoms with Crippen molar-refractivity contribution in [3.05, 3.63) is 64.2 Å². The highest BCUT2D eigenvalue weighted by Gasteiger charge is 2.27. The molecule has 0 saturated carbocycles. The van der Waals surface area contributed by atoms with Crippen LogP contribution < -0.4 is 10.6 Å². The number of amides is 2. The first-order chi connectivity index (χ1) is 13.9. The SMILES string of the molecule is Cc1cccc([N+](=O)[O-])c1NC(=O)CN1CCC[C@@H](C(=O)Nc2ccccc2)C1. The van der Waals surface area contributed by atoms with Gasteiger partial charge in [-0.15, -0.1) is 0 Å². The van der Waals surface area contributed by atoms with Crippen molar-refractivity contribution < 1.29 is 14.5 Å². The summed E-state index contributed by atoms with van der Waals surface area (Å²) in [4.78, 5) is 37.7. The number of benzene rings is 2. The number of hydrogen-bond acceptors (Lipinski definition) is 5. The lowest BCUT2D eigenvalue weighted by molar-refractivity contribution is -0.384. The summed E-state index contributed by atoms with van der Waals surface area (Å²) in [6.45, 7) is 2.98. The molecular weight excluding hydrogens is 372 g/mol. The maximum atomic E-state index is 12.5. The zero-order chi connectivity index (χ0) is 20.8. The van der Waals surface area contributed by atoms with E-state index in [-0.39, 0.29) is 35.7 Å². The number of likely N-dealkylation sites (tertiary alicyclic amines) is 1. The number of hydrogen-bond donors (Lipinski definition) is 2. The summed E-state index contributed by atoms with van der Waals surface area (Å²) in [6, 6.07) is 13.9. The first-order valence-electron chi connectivity index (χ1n) is 9.56. The number of nitro groups is 1. The first kappa shape index (κ1) is 20.5. The molecule has 0 bridgehead atoms. The minimum absolute atomic E-state index is 0.0594. The van der Waals surface area contributed by atoms with Gasteiger partial charge in [0.05, 0.1) is 17.4 Å². The van der Waals surface area contributed by atoms with Gasteiger partial charge in [-0.2, -0.15) is 0 Å². The number of nitrogens with one attached hydrogen (secondary N) is 2. The largest absolute Gasteiger partial charge is 0.326 e. The van der Waals surface area contributed by atoms with Crippen LogP contribution in [0.2, 0.25) is 0 Å². The molecule has 29 heavy (non-hydrogen) atoms. The molecule has 0 unspecified atom stereocenters. The lowest BCUT2D eigenvalue weighted by Gasteiger charge is -2.31. The van der Waals surface area contributed by atoms with Crippen molar-refractivity contribution in [2.24, 2.45) is 5.92 Å². The van der Waals surface area contributed by atoms with Gasteiger partial charge in [-0.3, -0.25) is 24.6 Å².